The summed E-state index contributed by atoms with van der Waals surface area (Å²) in [5.74, 6) is -1.47. The fourth-order valence-electron chi connectivity index (χ4n) is 4.84. The van der Waals surface area contributed by atoms with Gasteiger partial charge in [-0.15, -0.1) is 0 Å². The molecule has 1 saturated heterocycles. The van der Waals surface area contributed by atoms with Crippen molar-refractivity contribution in [2.45, 2.75) is 89.1 Å². The van der Waals surface area contributed by atoms with Gasteiger partial charge in [-0.2, -0.15) is 18.2 Å². The molecule has 1 saturated carbocycles. The van der Waals surface area contributed by atoms with Crippen LogP contribution in [0.15, 0.2) is 24.5 Å². The van der Waals surface area contributed by atoms with Crippen LogP contribution in [0.5, 0.6) is 0 Å². The van der Waals surface area contributed by atoms with Crippen molar-refractivity contribution in [1.82, 2.24) is 19.9 Å². The maximum Gasteiger partial charge on any atom is 0.490 e. The Bertz CT molecular complexity index is 1100. The highest BCUT2D eigenvalue weighted by molar-refractivity contribution is 5.76. The number of nitrogens with one attached hydrogen (secondary N) is 2. The van der Waals surface area contributed by atoms with E-state index < -0.39 is 30.6 Å². The minimum atomic E-state index is -5.02. The minimum Gasteiger partial charge on any atom is -0.456 e. The van der Waals surface area contributed by atoms with E-state index in [1.54, 1.807) is 19.3 Å². The number of pyridine rings is 1. The van der Waals surface area contributed by atoms with Gasteiger partial charge in [0.25, 0.3) is 0 Å². The van der Waals surface area contributed by atoms with Crippen LogP contribution in [0.25, 0.3) is 11.3 Å². The molecule has 1 atom stereocenters. The number of aromatic nitrogens is 3. The smallest absolute Gasteiger partial charge is 0.456 e. The highest BCUT2D eigenvalue weighted by Crippen LogP contribution is 2.31. The average molecular weight is 571 g/mol. The second kappa shape index (κ2) is 13.5. The van der Waals surface area contributed by atoms with Crippen molar-refractivity contribution in [2.75, 3.05) is 30.3 Å². The fraction of sp³-hybridized carbons (Fsp3) is 0.630. The van der Waals surface area contributed by atoms with Crippen LogP contribution in [0.1, 0.15) is 57.4 Å². The number of hydrogen-bond donors (Lipinski definition) is 2. The van der Waals surface area contributed by atoms with Crippen LogP contribution in [-0.2, 0) is 16.1 Å². The molecule has 2 aromatic heterocycles. The van der Waals surface area contributed by atoms with Gasteiger partial charge in [-0.05, 0) is 56.6 Å². The van der Waals surface area contributed by atoms with Crippen LogP contribution in [0.4, 0.5) is 33.7 Å². The summed E-state index contributed by atoms with van der Waals surface area (Å²) in [6.45, 7) is 3.87. The van der Waals surface area contributed by atoms with Crippen LogP contribution < -0.4 is 10.6 Å². The van der Waals surface area contributed by atoms with E-state index in [1.165, 1.54) is 0 Å². The molecule has 0 aromatic carbocycles. The number of nitrogens with zero attached hydrogens (tertiary/aromatic N) is 4. The summed E-state index contributed by atoms with van der Waals surface area (Å²) in [5.41, 5.74) is 2.23. The molecule has 2 fully saturated rings. The van der Waals surface area contributed by atoms with E-state index in [1.807, 2.05) is 12.1 Å². The summed E-state index contributed by atoms with van der Waals surface area (Å²) in [7, 11) is 0. The summed E-state index contributed by atoms with van der Waals surface area (Å²) in [5, 5.41) is 6.25. The number of rotatable bonds is 10. The predicted molar refractivity (Wildman–Crippen MR) is 140 cm³/mol. The minimum absolute atomic E-state index is 0.0531. The van der Waals surface area contributed by atoms with E-state index in [-0.39, 0.29) is 31.4 Å². The number of alkyl halides is 5. The number of esters is 1. The molecule has 1 aliphatic heterocycles. The molecule has 3 heterocycles. The van der Waals surface area contributed by atoms with E-state index in [0.717, 1.165) is 5.56 Å². The van der Waals surface area contributed by atoms with Crippen LogP contribution >= 0.6 is 0 Å². The van der Waals surface area contributed by atoms with Crippen LogP contribution in [0.2, 0.25) is 0 Å². The maximum absolute atomic E-state index is 13.8. The number of hydrogen-bond acceptors (Lipinski definition) is 8. The van der Waals surface area contributed by atoms with Gasteiger partial charge in [0.15, 0.2) is 0 Å². The van der Waals surface area contributed by atoms with Gasteiger partial charge in [0, 0.05) is 44.6 Å². The normalized spacial score (nSPS) is 21.6. The summed E-state index contributed by atoms with van der Waals surface area (Å²) < 4.78 is 69.5. The number of likely N-dealkylation sites (tertiary alicyclic amines) is 1. The van der Waals surface area contributed by atoms with Gasteiger partial charge in [-0.25, -0.2) is 18.6 Å². The third-order valence-electron chi connectivity index (χ3n) is 7.26. The SMILES string of the molecule is CC[C@H](F)CNc1ncc(-c2ccc(CN3CCC(F)CC3)cn2)c(NC2CCC(OC(=O)C(F)(F)F)CC2)n1. The third-order valence-corrected chi connectivity index (χ3v) is 7.26. The molecule has 4 rings (SSSR count). The van der Waals surface area contributed by atoms with E-state index in [9.17, 15) is 26.7 Å². The maximum atomic E-state index is 13.8. The number of piperidine rings is 1. The molecule has 40 heavy (non-hydrogen) atoms. The highest BCUT2D eigenvalue weighted by atomic mass is 19.4. The van der Waals surface area contributed by atoms with Gasteiger partial charge in [-0.1, -0.05) is 13.0 Å². The van der Waals surface area contributed by atoms with Gasteiger partial charge >= 0.3 is 12.1 Å². The molecular formula is C27H35F5N6O2. The molecule has 0 radical (unpaired) electrons. The Labute approximate surface area is 230 Å². The van der Waals surface area contributed by atoms with Crippen molar-refractivity contribution in [2.24, 2.45) is 0 Å². The highest BCUT2D eigenvalue weighted by Gasteiger charge is 2.42. The zero-order valence-electron chi connectivity index (χ0n) is 22.4. The largest absolute Gasteiger partial charge is 0.490 e. The first-order valence-electron chi connectivity index (χ1n) is 13.7. The summed E-state index contributed by atoms with van der Waals surface area (Å²) in [6.07, 6.45) is -1.34. The quantitative estimate of drug-likeness (QED) is 0.288. The van der Waals surface area contributed by atoms with Crippen molar-refractivity contribution < 1.29 is 31.5 Å². The molecule has 0 amide bonds. The Hall–Kier alpha value is -3.09. The first-order chi connectivity index (χ1) is 19.1. The molecule has 220 valence electrons. The lowest BCUT2D eigenvalue weighted by atomic mass is 9.92. The fourth-order valence-corrected chi connectivity index (χ4v) is 4.84. The van der Waals surface area contributed by atoms with Crippen molar-refractivity contribution in [3.63, 3.8) is 0 Å². The Morgan fingerprint density at radius 1 is 1.10 bits per heavy atom. The number of ether oxygens (including phenoxy) is 1. The zero-order valence-corrected chi connectivity index (χ0v) is 22.4. The molecule has 0 spiro atoms. The molecule has 1 aliphatic carbocycles. The Morgan fingerprint density at radius 3 is 2.45 bits per heavy atom. The first kappa shape index (κ1) is 29.9. The number of anilines is 2. The Morgan fingerprint density at radius 2 is 1.82 bits per heavy atom. The molecule has 13 heteroatoms. The standard InChI is InChI=1S/C27H35F5N6O2/c1-2-18(28)14-34-26-35-15-22(23-8-3-17(13-33-23)16-38-11-9-19(29)10-12-38)24(37-26)36-20-4-6-21(7-5-20)40-25(39)27(30,31)32/h3,8,13,15,18-21H,2,4-7,9-12,14,16H2,1H3,(H2,34,35,36,37)/t18-,20?,21?/m0/s1. The van der Waals surface area contributed by atoms with Gasteiger partial charge in [0.05, 0.1) is 11.3 Å². The van der Waals surface area contributed by atoms with Gasteiger partial charge in [0.2, 0.25) is 5.95 Å². The topological polar surface area (TPSA) is 92.3 Å². The predicted octanol–water partition coefficient (Wildman–Crippen LogP) is 5.46. The Balaban J connectivity index is 1.45. The number of halogens is 5. The lowest BCUT2D eigenvalue weighted by Gasteiger charge is -2.30. The van der Waals surface area contributed by atoms with Gasteiger partial charge in [-0.3, -0.25) is 9.88 Å². The molecule has 0 unspecified atom stereocenters. The van der Waals surface area contributed by atoms with Gasteiger partial charge < -0.3 is 15.4 Å². The summed E-state index contributed by atoms with van der Waals surface area (Å²) >= 11 is 0. The zero-order chi connectivity index (χ0) is 28.7. The van der Waals surface area contributed by atoms with Crippen LogP contribution in [-0.4, -0.2) is 76.1 Å². The number of carbonyl (C=O) groups excluding carboxylic acids is 1. The average Bonchev–Trinajstić information content (AvgIpc) is 2.94. The second-order valence-corrected chi connectivity index (χ2v) is 10.4. The summed E-state index contributed by atoms with van der Waals surface area (Å²) in [4.78, 5) is 26.9. The molecule has 8 nitrogen and oxygen atoms in total. The first-order valence-corrected chi connectivity index (χ1v) is 13.7. The van der Waals surface area contributed by atoms with Crippen molar-refractivity contribution in [3.8, 4) is 11.3 Å². The summed E-state index contributed by atoms with van der Waals surface area (Å²) in [6, 6.07) is 3.68. The molecule has 2 aromatic rings. The lowest BCUT2D eigenvalue weighted by Crippen LogP contribution is -2.35. The molecule has 0 bridgehead atoms. The van der Waals surface area contributed by atoms with Crippen molar-refractivity contribution >= 4 is 17.7 Å². The van der Waals surface area contributed by atoms with Crippen LogP contribution in [0, 0.1) is 0 Å². The van der Waals surface area contributed by atoms with E-state index in [4.69, 9.17) is 0 Å². The van der Waals surface area contributed by atoms with E-state index in [0.29, 0.717) is 68.8 Å². The van der Waals surface area contributed by atoms with Gasteiger partial charge in [0.1, 0.15) is 24.3 Å². The molecular weight excluding hydrogens is 535 g/mol. The van der Waals surface area contributed by atoms with Crippen molar-refractivity contribution in [1.29, 1.82) is 0 Å². The number of carbonyl (C=O) groups is 1. The third kappa shape index (κ3) is 8.45. The van der Waals surface area contributed by atoms with E-state index >= 15 is 0 Å². The van der Waals surface area contributed by atoms with E-state index in [2.05, 4.69) is 35.2 Å². The second-order valence-electron chi connectivity index (χ2n) is 10.4. The monoisotopic (exact) mass is 570 g/mol. The van der Waals surface area contributed by atoms with Crippen LogP contribution in [0.3, 0.4) is 0 Å². The van der Waals surface area contributed by atoms with Crippen molar-refractivity contribution in [3.05, 3.63) is 30.1 Å². The molecule has 2 aliphatic rings. The lowest BCUT2D eigenvalue weighted by molar-refractivity contribution is -0.206. The Kier molecular flexibility index (Phi) is 10.1. The molecule has 2 N–H and O–H groups in total.